The minimum Gasteiger partial charge on any atom is -0.483 e. The van der Waals surface area contributed by atoms with Crippen molar-refractivity contribution in [2.24, 2.45) is 11.8 Å². The Kier molecular flexibility index (Phi) is 28.4. The number of urea groups is 1. The maximum absolute atomic E-state index is 13.8. The molecule has 0 radical (unpaired) electrons. The number of β-amino-alcohol motifs (C(OH)–C–C–N with tert-alkyl or cyclic N) is 1. The predicted molar refractivity (Wildman–Crippen MR) is 368 cm³/mol. The fourth-order valence-corrected chi connectivity index (χ4v) is 12.7. The fourth-order valence-electron chi connectivity index (χ4n) is 12.7. The van der Waals surface area contributed by atoms with Gasteiger partial charge in [-0.25, -0.2) is 4.79 Å². The lowest BCUT2D eigenvalue weighted by atomic mass is 9.91. The van der Waals surface area contributed by atoms with E-state index in [9.17, 15) is 39.3 Å². The number of para-hydroxylation sites is 1. The van der Waals surface area contributed by atoms with E-state index >= 15 is 0 Å². The van der Waals surface area contributed by atoms with Gasteiger partial charge >= 0.3 is 16.4 Å². The normalized spacial score (nSPS) is 18.4. The summed E-state index contributed by atoms with van der Waals surface area (Å²) in [6.45, 7) is 17.4. The Morgan fingerprint density at radius 1 is 0.729 bits per heavy atom. The van der Waals surface area contributed by atoms with Crippen LogP contribution in [0.4, 0.5) is 4.79 Å². The lowest BCUT2D eigenvalue weighted by Gasteiger charge is -2.42. The van der Waals surface area contributed by atoms with Gasteiger partial charge in [0.2, 0.25) is 17.7 Å². The highest BCUT2D eigenvalue weighted by Crippen LogP contribution is 2.32. The van der Waals surface area contributed by atoms with Crippen LogP contribution in [0.3, 0.4) is 0 Å². The van der Waals surface area contributed by atoms with E-state index in [2.05, 4.69) is 41.4 Å². The van der Waals surface area contributed by atoms with Crippen LogP contribution >= 0.6 is 0 Å². The van der Waals surface area contributed by atoms with Crippen LogP contribution in [0.25, 0.3) is 0 Å². The molecule has 0 unspecified atom stereocenters. The molecule has 22 nitrogen and oxygen atoms in total. The van der Waals surface area contributed by atoms with Crippen LogP contribution in [0.1, 0.15) is 104 Å². The summed E-state index contributed by atoms with van der Waals surface area (Å²) in [4.78, 5) is 77.2. The highest BCUT2D eigenvalue weighted by molar-refractivity contribution is 7.79. The van der Waals surface area contributed by atoms with Crippen LogP contribution in [-0.2, 0) is 61.8 Å². The number of aryl methyl sites for hydroxylation is 2. The number of rotatable bonds is 26. The second-order valence-corrected chi connectivity index (χ2v) is 27.5. The van der Waals surface area contributed by atoms with Crippen molar-refractivity contribution in [3.8, 4) is 5.75 Å². The smallest absolute Gasteiger partial charge is 0.394 e. The van der Waals surface area contributed by atoms with Gasteiger partial charge in [0.25, 0.3) is 5.91 Å². The Morgan fingerprint density at radius 3 is 1.92 bits per heavy atom. The van der Waals surface area contributed by atoms with Crippen LogP contribution < -0.4 is 31.3 Å². The molecule has 1 aliphatic carbocycles. The molecule has 10 N–H and O–H groups in total. The van der Waals surface area contributed by atoms with Gasteiger partial charge < -0.3 is 51.5 Å². The number of ether oxygens (including phenoxy) is 1. The van der Waals surface area contributed by atoms with Crippen LogP contribution in [0.5, 0.6) is 5.75 Å². The summed E-state index contributed by atoms with van der Waals surface area (Å²) in [5.41, 5.74) is 7.52. The molecule has 2 fully saturated rings. The number of nitrogens with zero attached hydrogens (tertiary/aromatic N) is 4. The van der Waals surface area contributed by atoms with Gasteiger partial charge in [0.1, 0.15) is 17.8 Å². The number of nitrogens with one attached hydrogen (secondary N) is 5. The number of pyridine rings is 1. The zero-order chi connectivity index (χ0) is 69.5. The maximum Gasteiger partial charge on any atom is 0.394 e. The molecular weight excluding hydrogens is 1240 g/mol. The molecular formula is C73H97N9O13S. The van der Waals surface area contributed by atoms with Crippen molar-refractivity contribution in [1.29, 1.82) is 0 Å². The molecule has 0 bridgehead atoms. The van der Waals surface area contributed by atoms with Gasteiger partial charge in [0.15, 0.2) is 6.61 Å². The molecule has 2 saturated heterocycles. The number of aliphatic hydroxyl groups is 3. The van der Waals surface area contributed by atoms with E-state index in [0.29, 0.717) is 64.2 Å². The molecule has 23 heteroatoms. The molecule has 3 aliphatic rings. The third-order valence-corrected chi connectivity index (χ3v) is 17.1. The maximum atomic E-state index is 13.8. The number of benzene rings is 5. The quantitative estimate of drug-likeness (QED) is 0.0258. The molecule has 6 aromatic rings. The van der Waals surface area contributed by atoms with Crippen LogP contribution in [0.2, 0.25) is 0 Å². The second-order valence-electron chi connectivity index (χ2n) is 26.6. The van der Waals surface area contributed by atoms with Crippen molar-refractivity contribution in [3.05, 3.63) is 202 Å². The number of fused-ring (bicyclic) bond motifs is 1. The van der Waals surface area contributed by atoms with E-state index < -0.39 is 70.4 Å². The summed E-state index contributed by atoms with van der Waals surface area (Å²) >= 11 is 0. The van der Waals surface area contributed by atoms with Gasteiger partial charge in [0.05, 0.1) is 30.4 Å². The number of carbonyl (C=O) groups excluding carboxylic acids is 5. The Bertz CT molecular complexity index is 3520. The topological polar surface area (TPSA) is 313 Å². The first-order valence-corrected chi connectivity index (χ1v) is 34.3. The Labute approximate surface area is 565 Å². The number of carbonyl (C=O) groups is 5. The lowest BCUT2D eigenvalue weighted by Crippen LogP contribution is -2.61. The van der Waals surface area contributed by atoms with Gasteiger partial charge in [-0.1, -0.05) is 153 Å². The molecule has 96 heavy (non-hydrogen) atoms. The fraction of sp³-hybridized carbons (Fsp3) is 0.452. The molecule has 1 aromatic heterocycles. The van der Waals surface area contributed by atoms with E-state index in [4.69, 9.17) is 22.3 Å². The van der Waals surface area contributed by atoms with Gasteiger partial charge in [-0.05, 0) is 130 Å². The third kappa shape index (κ3) is 24.5. The van der Waals surface area contributed by atoms with Crippen molar-refractivity contribution < 1.29 is 61.6 Å². The number of piperazine rings is 1. The van der Waals surface area contributed by atoms with Gasteiger partial charge in [-0.2, -0.15) is 8.42 Å². The Morgan fingerprint density at radius 2 is 1.32 bits per heavy atom. The average molecular weight is 1340 g/mol. The van der Waals surface area contributed by atoms with E-state index in [1.54, 1.807) is 11.1 Å². The number of hydrogen-bond acceptors (Lipinski definition) is 14. The molecule has 0 saturated carbocycles. The molecule has 0 spiro atoms. The minimum atomic E-state index is -4.67. The molecule has 9 rings (SSSR count). The highest BCUT2D eigenvalue weighted by Gasteiger charge is 2.39. The van der Waals surface area contributed by atoms with E-state index in [1.165, 1.54) is 0 Å². The number of aliphatic hydroxyl groups excluding tert-OH is 3. The van der Waals surface area contributed by atoms with Gasteiger partial charge in [0, 0.05) is 82.1 Å². The van der Waals surface area contributed by atoms with Crippen molar-refractivity contribution in [2.75, 3.05) is 45.9 Å². The first-order chi connectivity index (χ1) is 45.7. The predicted octanol–water partition coefficient (Wildman–Crippen LogP) is 6.54. The number of hydrogen-bond donors (Lipinski definition) is 10. The third-order valence-electron chi connectivity index (χ3n) is 17.1. The van der Waals surface area contributed by atoms with Gasteiger partial charge in [-0.15, -0.1) is 0 Å². The largest absolute Gasteiger partial charge is 0.483 e. The first kappa shape index (κ1) is 75.3. The van der Waals surface area contributed by atoms with Crippen molar-refractivity contribution in [2.45, 2.75) is 154 Å². The molecule has 9 atom stereocenters. The lowest BCUT2D eigenvalue weighted by molar-refractivity contribution is -0.132. The summed E-state index contributed by atoms with van der Waals surface area (Å²) in [6.07, 6.45) is 4.09. The summed E-state index contributed by atoms with van der Waals surface area (Å²) in [6, 6.07) is 43.9. The van der Waals surface area contributed by atoms with Crippen LogP contribution in [0.15, 0.2) is 158 Å². The van der Waals surface area contributed by atoms with E-state index in [1.807, 2.05) is 200 Å². The summed E-state index contributed by atoms with van der Waals surface area (Å²) in [5, 5.41) is 49.2. The Balaban J connectivity index is 0.000000253. The van der Waals surface area contributed by atoms with E-state index in [-0.39, 0.29) is 61.6 Å². The minimum absolute atomic E-state index is 0.0712. The van der Waals surface area contributed by atoms with Crippen LogP contribution in [-0.4, -0.2) is 176 Å². The monoisotopic (exact) mass is 1340 g/mol. The number of aromatic nitrogens is 1. The molecule has 6 amide bonds. The Hall–Kier alpha value is -8.13. The summed E-state index contributed by atoms with van der Waals surface area (Å²) in [5.74, 6) is -0.831. The standard InChI is InChI=1S/C37H48N4O5.C36H47N5O4.H2O4S/c1-25(2)34(41-20-12-19-38-37(41)45)36(44)39-30(21-28-15-7-5-8-16-28)23-32(42)31(22-29-17-9-6-10-18-29)40-33(43)24-46-35-26(3)13-11-14-27(35)4;1-36(2,3)39-35(45)31-24-40(22-26-12-9-15-37-21-26)16-17-41(31)23-29(42)19-28(18-25-10-5-4-6-11-25)34(44)38-33-30-14-8-7-13-27(30)20-32(33)43;1-5(2,3)4/h5-11,13-18,25,30-32,34,42H,12,19-24H2,1-4H3,(H,38,45)(H,39,44)(H,40,43);4-15,21,28-29,31-33,42-43H,16-20,22-24H2,1-3H3,(H,38,44)(H,39,45);(H2,1,2,3,4)/t30-,31-,32-,34-;28-,29+,31+,32-,33+;/m01./s1. The molecule has 518 valence electrons. The average Bonchev–Trinajstić information content (AvgIpc) is 1.49. The molecule has 3 heterocycles. The van der Waals surface area contributed by atoms with Crippen molar-refractivity contribution in [3.63, 3.8) is 0 Å². The zero-order valence-corrected chi connectivity index (χ0v) is 56.9. The summed E-state index contributed by atoms with van der Waals surface area (Å²) < 4.78 is 37.5. The SMILES string of the molecule is CC(C)(C)NC(=O)[C@@H]1CN(Cc2cccnc2)CCN1C[C@@H](O)C[C@@H](Cc1ccccc1)C(=O)N[C@H]1c2ccccc2C[C@H]1O.Cc1cccc(C)c1OCC(=O)N[C@@H](Cc1ccccc1)[C@@H](O)C[C@H](Cc1ccccc1)NC(=O)[C@H](C(C)C)N1CCCNC1=O.O=S(=O)(O)O. The highest BCUT2D eigenvalue weighted by atomic mass is 32.3. The molecule has 5 aromatic carbocycles. The van der Waals surface area contributed by atoms with Gasteiger partial charge in [-0.3, -0.25) is 43.1 Å². The van der Waals surface area contributed by atoms with Crippen molar-refractivity contribution >= 4 is 40.1 Å². The molecule has 2 aliphatic heterocycles. The second kappa shape index (κ2) is 36.3. The number of amides is 6. The van der Waals surface area contributed by atoms with Crippen molar-refractivity contribution in [1.82, 2.24) is 46.3 Å². The summed E-state index contributed by atoms with van der Waals surface area (Å²) in [7, 11) is -4.67. The van der Waals surface area contributed by atoms with Crippen LogP contribution in [0, 0.1) is 25.7 Å². The first-order valence-electron chi connectivity index (χ1n) is 32.9. The zero-order valence-electron chi connectivity index (χ0n) is 56.1. The van der Waals surface area contributed by atoms with E-state index in [0.717, 1.165) is 57.5 Å².